The summed E-state index contributed by atoms with van der Waals surface area (Å²) in [5.41, 5.74) is 1.59. The Bertz CT molecular complexity index is 1400. The van der Waals surface area contributed by atoms with Crippen molar-refractivity contribution in [1.82, 2.24) is 29.8 Å². The lowest BCUT2D eigenvalue weighted by Crippen LogP contribution is -2.57. The fourth-order valence-corrected chi connectivity index (χ4v) is 7.06. The molecule has 5 rings (SSSR count). The van der Waals surface area contributed by atoms with E-state index in [0.29, 0.717) is 35.1 Å². The molecule has 1 saturated carbocycles. The van der Waals surface area contributed by atoms with Gasteiger partial charge in [0, 0.05) is 36.1 Å². The molecule has 1 amide bonds. The van der Waals surface area contributed by atoms with E-state index in [-0.39, 0.29) is 24.1 Å². The highest BCUT2D eigenvalue weighted by atomic mass is 35.5. The first-order valence-corrected chi connectivity index (χ1v) is 15.1. The van der Waals surface area contributed by atoms with Crippen LogP contribution < -0.4 is 0 Å². The molecule has 10 nitrogen and oxygen atoms in total. The minimum atomic E-state index is -3.44. The molecule has 208 valence electrons. The molecule has 39 heavy (non-hydrogen) atoms. The molecule has 13 heteroatoms. The molecule has 1 aliphatic carbocycles. The van der Waals surface area contributed by atoms with E-state index in [0.717, 1.165) is 11.1 Å². The minimum Gasteiger partial charge on any atom is -0.357 e. The van der Waals surface area contributed by atoms with Gasteiger partial charge in [0.05, 0.1) is 11.3 Å². The highest BCUT2D eigenvalue weighted by Gasteiger charge is 2.48. The van der Waals surface area contributed by atoms with Crippen LogP contribution in [0.15, 0.2) is 48.5 Å². The minimum absolute atomic E-state index is 0.100. The number of aromatic nitrogens is 4. The number of hydrogen-bond acceptors (Lipinski definition) is 7. The van der Waals surface area contributed by atoms with Crippen LogP contribution in [0.3, 0.4) is 0 Å². The van der Waals surface area contributed by atoms with Crippen molar-refractivity contribution in [3.05, 3.63) is 75.5 Å². The van der Waals surface area contributed by atoms with Gasteiger partial charge in [-0.1, -0.05) is 59.6 Å². The number of carbonyl (C=O) groups excluding carboxylic acids is 1. The van der Waals surface area contributed by atoms with Crippen molar-refractivity contribution in [3.63, 3.8) is 0 Å². The number of rotatable bonds is 10. The van der Waals surface area contributed by atoms with Gasteiger partial charge in [0.25, 0.3) is 5.91 Å². The average molecular weight is 594 g/mol. The third kappa shape index (κ3) is 5.97. The Labute approximate surface area is 237 Å². The zero-order valence-corrected chi connectivity index (χ0v) is 23.9. The summed E-state index contributed by atoms with van der Waals surface area (Å²) in [5, 5.41) is 14.8. The number of aromatic amines is 1. The van der Waals surface area contributed by atoms with Gasteiger partial charge in [-0.3, -0.25) is 4.79 Å². The van der Waals surface area contributed by atoms with Crippen molar-refractivity contribution in [2.45, 2.75) is 62.1 Å². The first-order valence-electron chi connectivity index (χ1n) is 12.8. The van der Waals surface area contributed by atoms with Crippen LogP contribution in [-0.2, 0) is 26.0 Å². The molecule has 2 aliphatic rings. The Kier molecular flexibility index (Phi) is 8.25. The van der Waals surface area contributed by atoms with E-state index in [1.54, 1.807) is 30.1 Å². The van der Waals surface area contributed by atoms with Crippen LogP contribution in [0.2, 0.25) is 10.0 Å². The van der Waals surface area contributed by atoms with Crippen LogP contribution in [0, 0.1) is 0 Å². The molecule has 0 unspecified atom stereocenters. The number of morpholine rings is 1. The third-order valence-corrected chi connectivity index (χ3v) is 10.1. The van der Waals surface area contributed by atoms with E-state index in [9.17, 15) is 13.2 Å². The number of ether oxygens (including phenoxy) is 1. The molecule has 1 aliphatic heterocycles. The standard InChI is InChI=1S/C26H30Cl2N6O4S/c1-3-20(15-33(2)39(36,37)21-11-12-21)34-24(16-7-9-18(27)10-8-16)25(17-5-4-6-19(28)13-17)38-22(26(34)35)14-23-29-31-32-30-23/h4-10,13,20-22,24-25H,3,11-12,14-15H2,1-2H3,(H,29,30,31,32)/t20-,22+,24-,25-/m1/s1. The second-order valence-corrected chi connectivity index (χ2v) is 13.2. The Morgan fingerprint density at radius 3 is 2.49 bits per heavy atom. The van der Waals surface area contributed by atoms with Gasteiger partial charge in [0.1, 0.15) is 12.2 Å². The molecule has 0 spiro atoms. The Morgan fingerprint density at radius 2 is 1.87 bits per heavy atom. The molecule has 3 aromatic rings. The second-order valence-electron chi connectivity index (χ2n) is 9.96. The number of nitrogens with zero attached hydrogens (tertiary/aromatic N) is 5. The lowest BCUT2D eigenvalue weighted by atomic mass is 9.89. The van der Waals surface area contributed by atoms with Crippen LogP contribution in [0.25, 0.3) is 0 Å². The van der Waals surface area contributed by atoms with Crippen molar-refractivity contribution in [3.8, 4) is 0 Å². The number of likely N-dealkylation sites (N-methyl/N-ethyl adjacent to an activating group) is 1. The molecule has 2 aromatic carbocycles. The maximum absolute atomic E-state index is 14.2. The molecule has 1 saturated heterocycles. The average Bonchev–Trinajstić information content (AvgIpc) is 3.66. The van der Waals surface area contributed by atoms with Crippen LogP contribution in [0.4, 0.5) is 0 Å². The largest absolute Gasteiger partial charge is 0.357 e. The number of H-pyrrole nitrogens is 1. The Hall–Kier alpha value is -2.57. The number of halogens is 2. The number of tetrazole rings is 1. The molecule has 0 bridgehead atoms. The predicted octanol–water partition coefficient (Wildman–Crippen LogP) is 3.96. The van der Waals surface area contributed by atoms with Gasteiger partial charge < -0.3 is 9.64 Å². The molecule has 2 heterocycles. The maximum Gasteiger partial charge on any atom is 0.253 e. The summed E-state index contributed by atoms with van der Waals surface area (Å²) in [6.45, 7) is 2.11. The third-order valence-electron chi connectivity index (χ3n) is 7.29. The predicted molar refractivity (Wildman–Crippen MR) is 147 cm³/mol. The first kappa shape index (κ1) is 28.0. The lowest BCUT2D eigenvalue weighted by Gasteiger charge is -2.48. The lowest BCUT2D eigenvalue weighted by molar-refractivity contribution is -0.179. The number of sulfonamides is 1. The molecule has 1 N–H and O–H groups in total. The number of nitrogens with one attached hydrogen (secondary N) is 1. The van der Waals surface area contributed by atoms with Gasteiger partial charge in [-0.2, -0.15) is 5.21 Å². The fraction of sp³-hybridized carbons (Fsp3) is 0.462. The van der Waals surface area contributed by atoms with Crippen molar-refractivity contribution >= 4 is 39.1 Å². The van der Waals surface area contributed by atoms with E-state index in [4.69, 9.17) is 27.9 Å². The van der Waals surface area contributed by atoms with Crippen molar-refractivity contribution < 1.29 is 17.9 Å². The second kappa shape index (κ2) is 11.5. The monoisotopic (exact) mass is 592 g/mol. The topological polar surface area (TPSA) is 121 Å². The molecule has 2 fully saturated rings. The SMILES string of the molecule is CC[C@H](CN(C)S(=O)(=O)C1CC1)N1C(=O)[C@H](Cc2nn[nH]n2)O[C@H](c2cccc(Cl)c2)[C@H]1c1ccc(Cl)cc1. The summed E-state index contributed by atoms with van der Waals surface area (Å²) in [6.07, 6.45) is 0.419. The van der Waals surface area contributed by atoms with Gasteiger partial charge in [0.15, 0.2) is 5.82 Å². The van der Waals surface area contributed by atoms with E-state index < -0.39 is 34.3 Å². The van der Waals surface area contributed by atoms with E-state index >= 15 is 0 Å². The number of hydrogen-bond donors (Lipinski definition) is 1. The van der Waals surface area contributed by atoms with Crippen LogP contribution in [0.5, 0.6) is 0 Å². The van der Waals surface area contributed by atoms with E-state index in [1.807, 2.05) is 37.3 Å². The summed E-state index contributed by atoms with van der Waals surface area (Å²) < 4.78 is 34.0. The van der Waals surface area contributed by atoms with E-state index in [1.165, 1.54) is 4.31 Å². The van der Waals surface area contributed by atoms with Crippen molar-refractivity contribution in [2.75, 3.05) is 13.6 Å². The molecular weight excluding hydrogens is 563 g/mol. The quantitative estimate of drug-likeness (QED) is 0.378. The summed E-state index contributed by atoms with van der Waals surface area (Å²) in [4.78, 5) is 16.0. The number of benzene rings is 2. The van der Waals surface area contributed by atoms with E-state index in [2.05, 4.69) is 20.6 Å². The van der Waals surface area contributed by atoms with Crippen LogP contribution >= 0.6 is 23.2 Å². The van der Waals surface area contributed by atoms with Gasteiger partial charge in [-0.05, 0) is 54.7 Å². The molecule has 4 atom stereocenters. The zero-order chi connectivity index (χ0) is 27.7. The summed E-state index contributed by atoms with van der Waals surface area (Å²) in [6, 6.07) is 13.6. The maximum atomic E-state index is 14.2. The van der Waals surface area contributed by atoms with Crippen LogP contribution in [-0.4, -0.2) is 75.1 Å². The normalized spacial score (nSPS) is 22.8. The first-order chi connectivity index (χ1) is 18.7. The highest BCUT2D eigenvalue weighted by molar-refractivity contribution is 7.90. The summed E-state index contributed by atoms with van der Waals surface area (Å²) in [7, 11) is -1.86. The Morgan fingerprint density at radius 1 is 1.13 bits per heavy atom. The molecular formula is C26H30Cl2N6O4S. The van der Waals surface area contributed by atoms with Gasteiger partial charge in [0.2, 0.25) is 10.0 Å². The smallest absolute Gasteiger partial charge is 0.253 e. The zero-order valence-electron chi connectivity index (χ0n) is 21.6. The van der Waals surface area contributed by atoms with Crippen LogP contribution in [0.1, 0.15) is 55.3 Å². The van der Waals surface area contributed by atoms with Crippen molar-refractivity contribution in [1.29, 1.82) is 0 Å². The van der Waals surface area contributed by atoms with Gasteiger partial charge >= 0.3 is 0 Å². The molecule has 1 aromatic heterocycles. The number of carbonyl (C=O) groups is 1. The summed E-state index contributed by atoms with van der Waals surface area (Å²) >= 11 is 12.6. The highest BCUT2D eigenvalue weighted by Crippen LogP contribution is 2.45. The number of amides is 1. The Balaban J connectivity index is 1.59. The van der Waals surface area contributed by atoms with Gasteiger partial charge in [-0.25, -0.2) is 12.7 Å². The van der Waals surface area contributed by atoms with Gasteiger partial charge in [-0.15, -0.1) is 10.2 Å². The molecule has 0 radical (unpaired) electrons. The van der Waals surface area contributed by atoms with Crippen molar-refractivity contribution in [2.24, 2.45) is 0 Å². The summed E-state index contributed by atoms with van der Waals surface area (Å²) in [5.74, 6) is 0.0617. The fourth-order valence-electron chi connectivity index (χ4n) is 5.11.